The summed E-state index contributed by atoms with van der Waals surface area (Å²) in [7, 11) is 1.36. The molecule has 0 saturated heterocycles. The molecule has 6 heteroatoms. The zero-order valence-corrected chi connectivity index (χ0v) is 9.40. The van der Waals surface area contributed by atoms with Crippen molar-refractivity contribution in [1.82, 2.24) is 9.97 Å². The van der Waals surface area contributed by atoms with E-state index in [0.717, 1.165) is 0 Å². The number of carbonyl (C=O) groups excluding carboxylic acids is 1. The van der Waals surface area contributed by atoms with E-state index in [1.807, 2.05) is 6.92 Å². The minimum Gasteiger partial charge on any atom is -0.478 e. The molecule has 0 fully saturated rings. The van der Waals surface area contributed by atoms with Gasteiger partial charge in [-0.15, -0.1) is 0 Å². The summed E-state index contributed by atoms with van der Waals surface area (Å²) in [5.41, 5.74) is 0. The first-order valence-corrected chi connectivity index (χ1v) is 5.02. The van der Waals surface area contributed by atoms with Crippen LogP contribution in [0.1, 0.15) is 13.3 Å². The van der Waals surface area contributed by atoms with Crippen LogP contribution in [-0.2, 0) is 9.53 Å². The number of aromatic nitrogens is 2. The molecule has 0 unspecified atom stereocenters. The number of hydrogen-bond acceptors (Lipinski definition) is 6. The maximum atomic E-state index is 10.8. The van der Waals surface area contributed by atoms with Crippen molar-refractivity contribution in [2.75, 3.05) is 25.6 Å². The quantitative estimate of drug-likeness (QED) is 0.723. The van der Waals surface area contributed by atoms with Gasteiger partial charge in [-0.2, -0.15) is 4.98 Å². The monoisotopic (exact) mass is 225 g/mol. The topological polar surface area (TPSA) is 73.3 Å². The van der Waals surface area contributed by atoms with E-state index in [-0.39, 0.29) is 12.4 Å². The molecule has 1 aromatic heterocycles. The molecule has 1 heterocycles. The molecule has 0 radical (unpaired) electrons. The van der Waals surface area contributed by atoms with E-state index in [0.29, 0.717) is 25.0 Å². The van der Waals surface area contributed by atoms with Crippen molar-refractivity contribution in [1.29, 1.82) is 0 Å². The lowest BCUT2D eigenvalue weighted by atomic mass is 10.4. The van der Waals surface area contributed by atoms with Gasteiger partial charge in [0.2, 0.25) is 11.8 Å². The average molecular weight is 225 g/mol. The van der Waals surface area contributed by atoms with Gasteiger partial charge in [0, 0.05) is 18.8 Å². The third-order valence-electron chi connectivity index (χ3n) is 1.76. The molecule has 0 aliphatic carbocycles. The molecule has 0 atom stereocenters. The summed E-state index contributed by atoms with van der Waals surface area (Å²) in [5, 5.41) is 2.91. The van der Waals surface area contributed by atoms with Crippen molar-refractivity contribution < 1.29 is 14.3 Å². The number of methoxy groups -OCH3 is 1. The van der Waals surface area contributed by atoms with Crippen LogP contribution in [0.2, 0.25) is 0 Å². The molecular weight excluding hydrogens is 210 g/mol. The summed E-state index contributed by atoms with van der Waals surface area (Å²) in [6.45, 7) is 2.87. The number of nitrogens with zero attached hydrogens (tertiary/aromatic N) is 2. The minimum atomic E-state index is -0.270. The van der Waals surface area contributed by atoms with Crippen LogP contribution in [0.15, 0.2) is 12.3 Å². The van der Waals surface area contributed by atoms with Gasteiger partial charge in [-0.3, -0.25) is 4.79 Å². The van der Waals surface area contributed by atoms with Crippen molar-refractivity contribution in [2.24, 2.45) is 0 Å². The second-order valence-corrected chi connectivity index (χ2v) is 2.90. The molecule has 0 saturated carbocycles. The maximum absolute atomic E-state index is 10.8. The molecule has 0 bridgehead atoms. The van der Waals surface area contributed by atoms with Crippen LogP contribution in [0, 0.1) is 0 Å². The Morgan fingerprint density at radius 2 is 2.38 bits per heavy atom. The van der Waals surface area contributed by atoms with Crippen molar-refractivity contribution in [3.05, 3.63) is 12.3 Å². The van der Waals surface area contributed by atoms with Gasteiger partial charge in [-0.25, -0.2) is 4.98 Å². The summed E-state index contributed by atoms with van der Waals surface area (Å²) in [4.78, 5) is 18.9. The second-order valence-electron chi connectivity index (χ2n) is 2.90. The zero-order chi connectivity index (χ0) is 11.8. The predicted octanol–water partition coefficient (Wildman–Crippen LogP) is 0.850. The van der Waals surface area contributed by atoms with Gasteiger partial charge in [-0.1, -0.05) is 0 Å². The zero-order valence-electron chi connectivity index (χ0n) is 9.40. The van der Waals surface area contributed by atoms with Gasteiger partial charge in [0.05, 0.1) is 20.1 Å². The van der Waals surface area contributed by atoms with Crippen molar-refractivity contribution in [3.8, 4) is 5.88 Å². The average Bonchev–Trinajstić information content (AvgIpc) is 2.30. The molecule has 0 amide bonds. The Bertz CT molecular complexity index is 344. The molecule has 1 aromatic rings. The molecule has 88 valence electrons. The van der Waals surface area contributed by atoms with Crippen molar-refractivity contribution in [2.45, 2.75) is 13.3 Å². The maximum Gasteiger partial charge on any atom is 0.307 e. The summed E-state index contributed by atoms with van der Waals surface area (Å²) in [6.07, 6.45) is 1.87. The van der Waals surface area contributed by atoms with E-state index in [1.165, 1.54) is 7.11 Å². The van der Waals surface area contributed by atoms with Crippen LogP contribution in [-0.4, -0.2) is 36.2 Å². The highest BCUT2D eigenvalue weighted by molar-refractivity contribution is 5.69. The Morgan fingerprint density at radius 1 is 1.56 bits per heavy atom. The van der Waals surface area contributed by atoms with E-state index in [1.54, 1.807) is 12.3 Å². The molecule has 16 heavy (non-hydrogen) atoms. The number of ether oxygens (including phenoxy) is 2. The summed E-state index contributed by atoms with van der Waals surface area (Å²) >= 11 is 0. The van der Waals surface area contributed by atoms with Crippen LogP contribution >= 0.6 is 0 Å². The molecule has 1 rings (SSSR count). The van der Waals surface area contributed by atoms with Crippen molar-refractivity contribution >= 4 is 11.9 Å². The largest absolute Gasteiger partial charge is 0.478 e. The molecule has 0 aliphatic rings. The van der Waals surface area contributed by atoms with Crippen molar-refractivity contribution in [3.63, 3.8) is 0 Å². The van der Waals surface area contributed by atoms with Crippen LogP contribution in [0.3, 0.4) is 0 Å². The normalized spacial score (nSPS) is 9.62. The summed E-state index contributed by atoms with van der Waals surface area (Å²) in [5.74, 6) is 0.682. The van der Waals surface area contributed by atoms with Gasteiger partial charge in [0.15, 0.2) is 0 Å². The Morgan fingerprint density at radius 3 is 3.06 bits per heavy atom. The fourth-order valence-corrected chi connectivity index (χ4v) is 1.03. The number of hydrogen-bond donors (Lipinski definition) is 1. The number of esters is 1. The van der Waals surface area contributed by atoms with Crippen LogP contribution in [0.4, 0.5) is 5.95 Å². The highest BCUT2D eigenvalue weighted by Crippen LogP contribution is 2.07. The third-order valence-corrected chi connectivity index (χ3v) is 1.76. The highest BCUT2D eigenvalue weighted by Gasteiger charge is 2.02. The number of anilines is 1. The molecule has 0 spiro atoms. The van der Waals surface area contributed by atoms with Gasteiger partial charge >= 0.3 is 5.97 Å². The first-order chi connectivity index (χ1) is 7.76. The van der Waals surface area contributed by atoms with Crippen LogP contribution in [0.5, 0.6) is 5.88 Å². The standard InChI is InChI=1S/C10H15N3O3/c1-3-16-8-4-6-11-10(13-8)12-7-5-9(14)15-2/h4,6H,3,5,7H2,1-2H3,(H,11,12,13). The third kappa shape index (κ3) is 4.12. The van der Waals surface area contributed by atoms with Crippen LogP contribution < -0.4 is 10.1 Å². The Labute approximate surface area is 94.0 Å². The van der Waals surface area contributed by atoms with E-state index in [9.17, 15) is 4.79 Å². The number of carbonyl (C=O) groups is 1. The lowest BCUT2D eigenvalue weighted by molar-refractivity contribution is -0.140. The summed E-state index contributed by atoms with van der Waals surface area (Å²) < 4.78 is 9.72. The summed E-state index contributed by atoms with van der Waals surface area (Å²) in [6, 6.07) is 1.68. The SMILES string of the molecule is CCOc1ccnc(NCCC(=O)OC)n1. The molecule has 6 nitrogen and oxygen atoms in total. The smallest absolute Gasteiger partial charge is 0.307 e. The first kappa shape index (κ1) is 12.2. The minimum absolute atomic E-state index is 0.270. The van der Waals surface area contributed by atoms with Gasteiger partial charge in [0.1, 0.15) is 0 Å². The van der Waals surface area contributed by atoms with E-state index >= 15 is 0 Å². The molecular formula is C10H15N3O3. The van der Waals surface area contributed by atoms with E-state index in [4.69, 9.17) is 4.74 Å². The van der Waals surface area contributed by atoms with E-state index in [2.05, 4.69) is 20.0 Å². The highest BCUT2D eigenvalue weighted by atomic mass is 16.5. The Kier molecular flexibility index (Phi) is 5.04. The Hall–Kier alpha value is -1.85. The second kappa shape index (κ2) is 6.60. The number of rotatable bonds is 6. The lowest BCUT2D eigenvalue weighted by Gasteiger charge is -2.05. The lowest BCUT2D eigenvalue weighted by Crippen LogP contribution is -2.11. The fourth-order valence-electron chi connectivity index (χ4n) is 1.03. The van der Waals surface area contributed by atoms with Gasteiger partial charge in [-0.05, 0) is 6.92 Å². The van der Waals surface area contributed by atoms with Gasteiger partial charge in [0.25, 0.3) is 0 Å². The molecule has 1 N–H and O–H groups in total. The molecule has 0 aliphatic heterocycles. The van der Waals surface area contributed by atoms with Gasteiger partial charge < -0.3 is 14.8 Å². The Balaban J connectivity index is 2.41. The van der Waals surface area contributed by atoms with Crippen LogP contribution in [0.25, 0.3) is 0 Å². The predicted molar refractivity (Wildman–Crippen MR) is 58.3 cm³/mol. The fraction of sp³-hybridized carbons (Fsp3) is 0.500. The molecule has 0 aromatic carbocycles. The number of nitrogens with one attached hydrogen (secondary N) is 1. The van der Waals surface area contributed by atoms with E-state index < -0.39 is 0 Å². The first-order valence-electron chi connectivity index (χ1n) is 5.02.